The Morgan fingerprint density at radius 1 is 1.38 bits per heavy atom. The van der Waals surface area contributed by atoms with Crippen LogP contribution >= 0.6 is 11.6 Å². The SMILES string of the molecule is Cc1nc(C2(NC(=O)C(C)Oc3ccccc3Cl)CCCC2)no1. The van der Waals surface area contributed by atoms with Crippen molar-refractivity contribution < 1.29 is 14.1 Å². The highest BCUT2D eigenvalue weighted by Gasteiger charge is 2.42. The zero-order chi connectivity index (χ0) is 17.2. The van der Waals surface area contributed by atoms with Crippen molar-refractivity contribution in [2.24, 2.45) is 0 Å². The molecule has 1 fully saturated rings. The number of aromatic nitrogens is 2. The van der Waals surface area contributed by atoms with Crippen LogP contribution in [0, 0.1) is 6.92 Å². The third-order valence-corrected chi connectivity index (χ3v) is 4.60. The molecule has 6 nitrogen and oxygen atoms in total. The van der Waals surface area contributed by atoms with Gasteiger partial charge in [-0.3, -0.25) is 4.79 Å². The van der Waals surface area contributed by atoms with Gasteiger partial charge in [0.2, 0.25) is 5.89 Å². The zero-order valence-electron chi connectivity index (χ0n) is 13.7. The molecule has 3 rings (SSSR count). The van der Waals surface area contributed by atoms with Gasteiger partial charge in [0.05, 0.1) is 5.02 Å². The smallest absolute Gasteiger partial charge is 0.261 e. The first-order valence-electron chi connectivity index (χ1n) is 8.04. The van der Waals surface area contributed by atoms with Crippen molar-refractivity contribution in [2.75, 3.05) is 0 Å². The van der Waals surface area contributed by atoms with Gasteiger partial charge in [-0.05, 0) is 31.9 Å². The summed E-state index contributed by atoms with van der Waals surface area (Å²) in [5, 5.41) is 7.56. The van der Waals surface area contributed by atoms with Crippen LogP contribution in [0.2, 0.25) is 5.02 Å². The van der Waals surface area contributed by atoms with Crippen LogP contribution in [-0.2, 0) is 10.3 Å². The van der Waals surface area contributed by atoms with E-state index in [2.05, 4.69) is 15.5 Å². The number of aryl methyl sites for hydroxylation is 1. The van der Waals surface area contributed by atoms with Crippen LogP contribution in [0.5, 0.6) is 5.75 Å². The van der Waals surface area contributed by atoms with Gasteiger partial charge in [0.1, 0.15) is 11.3 Å². The average Bonchev–Trinajstić information content (AvgIpc) is 3.19. The number of benzene rings is 1. The van der Waals surface area contributed by atoms with Crippen LogP contribution in [0.25, 0.3) is 0 Å². The van der Waals surface area contributed by atoms with Gasteiger partial charge >= 0.3 is 0 Å². The van der Waals surface area contributed by atoms with Crippen molar-refractivity contribution in [3.8, 4) is 5.75 Å². The highest BCUT2D eigenvalue weighted by Crippen LogP contribution is 2.37. The zero-order valence-corrected chi connectivity index (χ0v) is 14.5. The minimum Gasteiger partial charge on any atom is -0.479 e. The molecule has 0 bridgehead atoms. The number of nitrogens with zero attached hydrogens (tertiary/aromatic N) is 2. The predicted octanol–water partition coefficient (Wildman–Crippen LogP) is 3.38. The van der Waals surface area contributed by atoms with Crippen molar-refractivity contribution >= 4 is 17.5 Å². The van der Waals surface area contributed by atoms with Gasteiger partial charge in [-0.2, -0.15) is 4.98 Å². The molecule has 1 aromatic carbocycles. The molecule has 0 aliphatic heterocycles. The summed E-state index contributed by atoms with van der Waals surface area (Å²) in [6.07, 6.45) is 2.91. The van der Waals surface area contributed by atoms with Gasteiger partial charge in [0.15, 0.2) is 11.9 Å². The molecule has 2 aromatic rings. The maximum Gasteiger partial charge on any atom is 0.261 e. The number of carbonyl (C=O) groups is 1. The molecule has 7 heteroatoms. The minimum atomic E-state index is -0.685. The van der Waals surface area contributed by atoms with Crippen LogP contribution in [-0.4, -0.2) is 22.2 Å². The van der Waals surface area contributed by atoms with E-state index in [9.17, 15) is 4.79 Å². The Bertz CT molecular complexity index is 725. The second-order valence-corrected chi connectivity index (χ2v) is 6.51. The average molecular weight is 350 g/mol. The largest absolute Gasteiger partial charge is 0.479 e. The van der Waals surface area contributed by atoms with E-state index >= 15 is 0 Å². The first-order chi connectivity index (χ1) is 11.5. The molecule has 0 radical (unpaired) electrons. The molecular formula is C17H20ClN3O3. The summed E-state index contributed by atoms with van der Waals surface area (Å²) in [5.74, 6) is 1.29. The number of nitrogens with one attached hydrogen (secondary N) is 1. The molecular weight excluding hydrogens is 330 g/mol. The number of hydrogen-bond acceptors (Lipinski definition) is 5. The first kappa shape index (κ1) is 16.8. The standard InChI is InChI=1S/C17H20ClN3O3/c1-11(23-14-8-4-3-7-13(14)18)15(22)20-17(9-5-6-10-17)16-19-12(2)24-21-16/h3-4,7-8,11H,5-6,9-10H2,1-2H3,(H,20,22). The van der Waals surface area contributed by atoms with Gasteiger partial charge in [0.25, 0.3) is 5.91 Å². The van der Waals surface area contributed by atoms with E-state index in [4.69, 9.17) is 20.9 Å². The van der Waals surface area contributed by atoms with Crippen molar-refractivity contribution in [3.63, 3.8) is 0 Å². The van der Waals surface area contributed by atoms with Crippen molar-refractivity contribution in [1.82, 2.24) is 15.5 Å². The fraction of sp³-hybridized carbons (Fsp3) is 0.471. The molecule has 1 amide bonds. The van der Waals surface area contributed by atoms with Crippen molar-refractivity contribution in [1.29, 1.82) is 0 Å². The molecule has 24 heavy (non-hydrogen) atoms. The van der Waals surface area contributed by atoms with E-state index < -0.39 is 11.6 Å². The molecule has 0 spiro atoms. The molecule has 0 saturated heterocycles. The lowest BCUT2D eigenvalue weighted by molar-refractivity contribution is -0.129. The Morgan fingerprint density at radius 3 is 2.71 bits per heavy atom. The molecule has 128 valence electrons. The summed E-state index contributed by atoms with van der Waals surface area (Å²) in [4.78, 5) is 17.0. The summed E-state index contributed by atoms with van der Waals surface area (Å²) in [6, 6.07) is 7.08. The van der Waals surface area contributed by atoms with Crippen LogP contribution in [0.4, 0.5) is 0 Å². The maximum absolute atomic E-state index is 12.6. The van der Waals surface area contributed by atoms with E-state index in [0.717, 1.165) is 25.7 Å². The summed E-state index contributed by atoms with van der Waals surface area (Å²) >= 11 is 6.08. The van der Waals surface area contributed by atoms with Crippen LogP contribution in [0.3, 0.4) is 0 Å². The normalized spacial score (nSPS) is 17.5. The highest BCUT2D eigenvalue weighted by molar-refractivity contribution is 6.32. The van der Waals surface area contributed by atoms with Gasteiger partial charge < -0.3 is 14.6 Å². The summed E-state index contributed by atoms with van der Waals surface area (Å²) in [5.41, 5.74) is -0.576. The van der Waals surface area contributed by atoms with E-state index in [1.807, 2.05) is 12.1 Å². The van der Waals surface area contributed by atoms with E-state index in [0.29, 0.717) is 22.5 Å². The van der Waals surface area contributed by atoms with Gasteiger partial charge in [-0.1, -0.05) is 41.7 Å². The summed E-state index contributed by atoms with van der Waals surface area (Å²) < 4.78 is 10.8. The lowest BCUT2D eigenvalue weighted by atomic mass is 9.96. The van der Waals surface area contributed by atoms with Crippen LogP contribution in [0.15, 0.2) is 28.8 Å². The molecule has 1 aliphatic carbocycles. The Kier molecular flexibility index (Phi) is 4.76. The van der Waals surface area contributed by atoms with Gasteiger partial charge in [-0.25, -0.2) is 0 Å². The number of carbonyl (C=O) groups excluding carboxylic acids is 1. The van der Waals surface area contributed by atoms with Crippen LogP contribution in [0.1, 0.15) is 44.3 Å². The molecule has 1 heterocycles. The fourth-order valence-corrected chi connectivity index (χ4v) is 3.18. The number of amides is 1. The Hall–Kier alpha value is -2.08. The van der Waals surface area contributed by atoms with Crippen molar-refractivity contribution in [2.45, 2.75) is 51.2 Å². The topological polar surface area (TPSA) is 77.2 Å². The van der Waals surface area contributed by atoms with Crippen molar-refractivity contribution in [3.05, 3.63) is 41.0 Å². The van der Waals surface area contributed by atoms with Gasteiger partial charge in [-0.15, -0.1) is 0 Å². The number of ether oxygens (including phenoxy) is 1. The van der Waals surface area contributed by atoms with E-state index in [1.165, 1.54) is 0 Å². The van der Waals surface area contributed by atoms with E-state index in [1.54, 1.807) is 26.0 Å². The molecule has 1 N–H and O–H groups in total. The van der Waals surface area contributed by atoms with Gasteiger partial charge in [0, 0.05) is 6.92 Å². The Morgan fingerprint density at radius 2 is 2.08 bits per heavy atom. The third kappa shape index (κ3) is 3.38. The first-order valence-corrected chi connectivity index (χ1v) is 8.42. The summed E-state index contributed by atoms with van der Waals surface area (Å²) in [7, 11) is 0. The fourth-order valence-electron chi connectivity index (χ4n) is 3.00. The number of para-hydroxylation sites is 1. The Balaban J connectivity index is 1.73. The maximum atomic E-state index is 12.6. The molecule has 1 unspecified atom stereocenters. The molecule has 1 atom stereocenters. The second-order valence-electron chi connectivity index (χ2n) is 6.11. The summed E-state index contributed by atoms with van der Waals surface area (Å²) in [6.45, 7) is 3.44. The van der Waals surface area contributed by atoms with Crippen LogP contribution < -0.4 is 10.1 Å². The lowest BCUT2D eigenvalue weighted by Crippen LogP contribution is -2.49. The number of halogens is 1. The lowest BCUT2D eigenvalue weighted by Gasteiger charge is -2.28. The highest BCUT2D eigenvalue weighted by atomic mass is 35.5. The Labute approximate surface area is 145 Å². The number of rotatable bonds is 5. The minimum absolute atomic E-state index is 0.223. The molecule has 1 saturated carbocycles. The molecule has 1 aliphatic rings. The third-order valence-electron chi connectivity index (χ3n) is 4.28. The molecule has 1 aromatic heterocycles. The van der Waals surface area contributed by atoms with E-state index in [-0.39, 0.29) is 5.91 Å². The predicted molar refractivity (Wildman–Crippen MR) is 88.9 cm³/mol. The monoisotopic (exact) mass is 349 g/mol. The number of hydrogen-bond donors (Lipinski definition) is 1. The second kappa shape index (κ2) is 6.81. The quantitative estimate of drug-likeness (QED) is 0.895.